The van der Waals surface area contributed by atoms with Crippen LogP contribution in [0.4, 0.5) is 0 Å². The average Bonchev–Trinajstić information content (AvgIpc) is 2.95. The average molecular weight is 453 g/mol. The van der Waals surface area contributed by atoms with Crippen LogP contribution in [-0.2, 0) is 0 Å². The van der Waals surface area contributed by atoms with Gasteiger partial charge in [-0.15, -0.1) is 0 Å². The molecule has 0 amide bonds. The van der Waals surface area contributed by atoms with Gasteiger partial charge in [-0.3, -0.25) is 0 Å². The van der Waals surface area contributed by atoms with E-state index in [0.717, 1.165) is 16.4 Å². The standard InChI is InChI=1S/C24H24IN/c1-16-10-4-8-14-22(16)26-23-15-9-7-11-19(23)17(2)24(26)21-13-6-5-12-20(21)18(3)25/h4,7-16,22H,3,5-6H2,1-2H3. The monoisotopic (exact) mass is 453 g/mol. The third-order valence-electron chi connectivity index (χ3n) is 5.54. The first-order valence-electron chi connectivity index (χ1n) is 9.30. The van der Waals surface area contributed by atoms with E-state index < -0.39 is 0 Å². The van der Waals surface area contributed by atoms with E-state index in [4.69, 9.17) is 0 Å². The van der Waals surface area contributed by atoms with Crippen molar-refractivity contribution in [2.24, 2.45) is 5.92 Å². The second-order valence-electron chi connectivity index (χ2n) is 7.20. The van der Waals surface area contributed by atoms with Crippen LogP contribution >= 0.6 is 22.6 Å². The van der Waals surface area contributed by atoms with Gasteiger partial charge in [0, 0.05) is 20.1 Å². The van der Waals surface area contributed by atoms with Gasteiger partial charge in [-0.2, -0.15) is 0 Å². The molecule has 0 bridgehead atoms. The molecule has 0 saturated carbocycles. The van der Waals surface area contributed by atoms with Crippen LogP contribution in [0, 0.1) is 12.8 Å². The van der Waals surface area contributed by atoms with Crippen molar-refractivity contribution in [3.8, 4) is 0 Å². The Kier molecular flexibility index (Phi) is 4.78. The molecule has 4 rings (SSSR count). The lowest BCUT2D eigenvalue weighted by Gasteiger charge is -2.28. The van der Waals surface area contributed by atoms with Crippen molar-refractivity contribution in [3.63, 3.8) is 0 Å². The largest absolute Gasteiger partial charge is 0.333 e. The van der Waals surface area contributed by atoms with Gasteiger partial charge in [0.25, 0.3) is 0 Å². The van der Waals surface area contributed by atoms with E-state index in [2.05, 4.69) is 108 Å². The Morgan fingerprint density at radius 3 is 2.62 bits per heavy atom. The second kappa shape index (κ2) is 7.07. The molecule has 2 aromatic rings. The summed E-state index contributed by atoms with van der Waals surface area (Å²) in [5.74, 6) is 0.466. The lowest BCUT2D eigenvalue weighted by Crippen LogP contribution is -2.18. The highest BCUT2D eigenvalue weighted by Gasteiger charge is 2.27. The number of rotatable bonds is 3. The molecule has 0 fully saturated rings. The maximum Gasteiger partial charge on any atom is 0.0585 e. The molecule has 26 heavy (non-hydrogen) atoms. The number of para-hydroxylation sites is 1. The normalized spacial score (nSPS) is 22.4. The Hall–Kier alpha value is -1.81. The smallest absolute Gasteiger partial charge is 0.0585 e. The zero-order valence-electron chi connectivity index (χ0n) is 15.4. The first-order chi connectivity index (χ1) is 12.6. The molecule has 132 valence electrons. The van der Waals surface area contributed by atoms with E-state index in [0.29, 0.717) is 12.0 Å². The molecule has 2 unspecified atom stereocenters. The molecule has 0 radical (unpaired) electrons. The molecule has 1 aromatic carbocycles. The Bertz CT molecular complexity index is 997. The number of benzene rings is 1. The highest BCUT2D eigenvalue weighted by atomic mass is 127. The molecule has 2 atom stereocenters. The number of nitrogens with zero attached hydrogens (tertiary/aromatic N) is 1. The van der Waals surface area contributed by atoms with E-state index in [9.17, 15) is 0 Å². The van der Waals surface area contributed by atoms with E-state index in [1.54, 1.807) is 0 Å². The summed E-state index contributed by atoms with van der Waals surface area (Å²) >= 11 is 2.37. The molecule has 0 aliphatic heterocycles. The molecule has 2 heteroatoms. The number of hydrogen-bond donors (Lipinski definition) is 0. The van der Waals surface area contributed by atoms with Crippen molar-refractivity contribution in [1.82, 2.24) is 4.57 Å². The lowest BCUT2D eigenvalue weighted by molar-refractivity contribution is 0.495. The fraction of sp³-hybridized carbons (Fsp3) is 0.250. The SMILES string of the molecule is C=C(I)C1=CCCC=C1c1c(C)c2ccccc2n1C1C=CC=CC1C. The van der Waals surface area contributed by atoms with Gasteiger partial charge in [-0.25, -0.2) is 0 Å². The predicted molar refractivity (Wildman–Crippen MR) is 122 cm³/mol. The number of aryl methyl sites for hydroxylation is 1. The van der Waals surface area contributed by atoms with Crippen LogP contribution < -0.4 is 0 Å². The first kappa shape index (κ1) is 17.6. The molecular weight excluding hydrogens is 429 g/mol. The fourth-order valence-electron chi connectivity index (χ4n) is 4.26. The number of fused-ring (bicyclic) bond motifs is 1. The summed E-state index contributed by atoms with van der Waals surface area (Å²) < 4.78 is 3.68. The summed E-state index contributed by atoms with van der Waals surface area (Å²) in [6, 6.07) is 9.14. The molecule has 2 aliphatic rings. The predicted octanol–water partition coefficient (Wildman–Crippen LogP) is 7.31. The Labute approximate surface area is 169 Å². The number of halogens is 1. The van der Waals surface area contributed by atoms with Crippen molar-refractivity contribution >= 4 is 39.1 Å². The van der Waals surface area contributed by atoms with Gasteiger partial charge in [-0.1, -0.05) is 68.2 Å². The van der Waals surface area contributed by atoms with Gasteiger partial charge < -0.3 is 4.57 Å². The minimum absolute atomic E-state index is 0.333. The van der Waals surface area contributed by atoms with Gasteiger partial charge in [0.05, 0.1) is 11.7 Å². The topological polar surface area (TPSA) is 4.93 Å². The molecule has 0 saturated heterocycles. The van der Waals surface area contributed by atoms with Gasteiger partial charge in [0.2, 0.25) is 0 Å². The number of aromatic nitrogens is 1. The summed E-state index contributed by atoms with van der Waals surface area (Å²) in [6.07, 6.45) is 15.9. The van der Waals surface area contributed by atoms with Crippen molar-refractivity contribution < 1.29 is 0 Å². The maximum atomic E-state index is 4.24. The lowest BCUT2D eigenvalue weighted by atomic mass is 9.91. The zero-order chi connectivity index (χ0) is 18.3. The van der Waals surface area contributed by atoms with Crippen LogP contribution in [0.1, 0.15) is 37.1 Å². The first-order valence-corrected chi connectivity index (χ1v) is 10.4. The summed E-state index contributed by atoms with van der Waals surface area (Å²) in [5.41, 5.74) is 6.69. The van der Waals surface area contributed by atoms with E-state index >= 15 is 0 Å². The van der Waals surface area contributed by atoms with Crippen LogP contribution in [0.5, 0.6) is 0 Å². The summed E-state index contributed by atoms with van der Waals surface area (Å²) in [5, 5.41) is 1.35. The Morgan fingerprint density at radius 2 is 1.85 bits per heavy atom. The van der Waals surface area contributed by atoms with Crippen LogP contribution in [0.2, 0.25) is 0 Å². The van der Waals surface area contributed by atoms with Crippen LogP contribution in [-0.4, -0.2) is 4.57 Å². The molecule has 2 aliphatic carbocycles. The van der Waals surface area contributed by atoms with Crippen molar-refractivity contribution in [2.75, 3.05) is 0 Å². The number of hydrogen-bond acceptors (Lipinski definition) is 0. The van der Waals surface area contributed by atoms with Crippen molar-refractivity contribution in [2.45, 2.75) is 32.7 Å². The van der Waals surface area contributed by atoms with E-state index in [-0.39, 0.29) is 0 Å². The molecule has 0 N–H and O–H groups in total. The molecule has 1 aromatic heterocycles. The minimum atomic E-state index is 0.333. The molecule has 1 heterocycles. The third kappa shape index (κ3) is 2.84. The zero-order valence-corrected chi connectivity index (χ0v) is 17.5. The van der Waals surface area contributed by atoms with Crippen LogP contribution in [0.15, 0.2) is 76.5 Å². The molecule has 1 nitrogen and oxygen atoms in total. The summed E-state index contributed by atoms with van der Waals surface area (Å²) in [4.78, 5) is 0. The van der Waals surface area contributed by atoms with Gasteiger partial charge in [0.15, 0.2) is 0 Å². The highest BCUT2D eigenvalue weighted by molar-refractivity contribution is 14.1. The fourth-order valence-corrected chi connectivity index (χ4v) is 4.77. The van der Waals surface area contributed by atoms with E-state index in [1.165, 1.54) is 33.3 Å². The summed E-state index contributed by atoms with van der Waals surface area (Å²) in [6.45, 7) is 8.81. The van der Waals surface area contributed by atoms with Crippen LogP contribution in [0.25, 0.3) is 16.5 Å². The second-order valence-corrected chi connectivity index (χ2v) is 8.50. The highest BCUT2D eigenvalue weighted by Crippen LogP contribution is 2.42. The Morgan fingerprint density at radius 1 is 1.12 bits per heavy atom. The Balaban J connectivity index is 2.02. The molecular formula is C24H24IN. The van der Waals surface area contributed by atoms with Crippen LogP contribution in [0.3, 0.4) is 0 Å². The van der Waals surface area contributed by atoms with Gasteiger partial charge in [-0.05, 0) is 65.5 Å². The molecule has 0 spiro atoms. The number of allylic oxidation sites excluding steroid dienone is 9. The quantitative estimate of drug-likeness (QED) is 0.430. The third-order valence-corrected chi connectivity index (χ3v) is 6.12. The maximum absolute atomic E-state index is 4.24. The summed E-state index contributed by atoms with van der Waals surface area (Å²) in [7, 11) is 0. The van der Waals surface area contributed by atoms with Crippen molar-refractivity contribution in [3.05, 3.63) is 87.7 Å². The van der Waals surface area contributed by atoms with Gasteiger partial charge in [0.1, 0.15) is 0 Å². The van der Waals surface area contributed by atoms with Crippen molar-refractivity contribution in [1.29, 1.82) is 0 Å². The van der Waals surface area contributed by atoms with E-state index in [1.807, 2.05) is 0 Å². The minimum Gasteiger partial charge on any atom is -0.333 e. The van der Waals surface area contributed by atoms with Gasteiger partial charge >= 0.3 is 0 Å².